The molecule has 1 amide bonds. The fourth-order valence-electron chi connectivity index (χ4n) is 2.17. The number of rotatable bonds is 5. The molecule has 122 valence electrons. The van der Waals surface area contributed by atoms with E-state index in [4.69, 9.17) is 4.74 Å². The third-order valence-corrected chi connectivity index (χ3v) is 3.35. The van der Waals surface area contributed by atoms with Gasteiger partial charge in [-0.15, -0.1) is 0 Å². The van der Waals surface area contributed by atoms with E-state index < -0.39 is 24.5 Å². The Morgan fingerprint density at radius 2 is 1.70 bits per heavy atom. The lowest BCUT2D eigenvalue weighted by molar-refractivity contribution is -0.153. The van der Waals surface area contributed by atoms with Crippen molar-refractivity contribution in [3.05, 3.63) is 65.7 Å². The van der Waals surface area contributed by atoms with E-state index >= 15 is 0 Å². The van der Waals surface area contributed by atoms with Gasteiger partial charge in [0.1, 0.15) is 11.8 Å². The summed E-state index contributed by atoms with van der Waals surface area (Å²) in [5.74, 6) is -0.404. The number of carbonyl (C=O) groups is 1. The van der Waals surface area contributed by atoms with Crippen molar-refractivity contribution < 1.29 is 22.7 Å². The molecule has 0 aromatic heterocycles. The van der Waals surface area contributed by atoms with Crippen LogP contribution in [0, 0.1) is 0 Å². The normalized spacial score (nSPS) is 12.5. The van der Waals surface area contributed by atoms with Gasteiger partial charge in [-0.05, 0) is 23.8 Å². The number of nitrogens with one attached hydrogen (secondary N) is 1. The van der Waals surface area contributed by atoms with Gasteiger partial charge in [-0.2, -0.15) is 13.2 Å². The van der Waals surface area contributed by atoms with Gasteiger partial charge in [-0.3, -0.25) is 4.79 Å². The highest BCUT2D eigenvalue weighted by Crippen LogP contribution is 2.27. The Balaban J connectivity index is 2.20. The number of alkyl halides is 3. The molecular weight excluding hydrogens is 307 g/mol. The molecule has 0 fully saturated rings. The van der Waals surface area contributed by atoms with Crippen molar-refractivity contribution in [2.24, 2.45) is 0 Å². The van der Waals surface area contributed by atoms with Crippen LogP contribution in [0.1, 0.15) is 15.9 Å². The molecule has 0 unspecified atom stereocenters. The van der Waals surface area contributed by atoms with Crippen LogP contribution in [0.25, 0.3) is 0 Å². The van der Waals surface area contributed by atoms with E-state index in [0.29, 0.717) is 11.3 Å². The second-order valence-corrected chi connectivity index (χ2v) is 4.95. The van der Waals surface area contributed by atoms with Crippen molar-refractivity contribution in [3.63, 3.8) is 0 Å². The van der Waals surface area contributed by atoms with Gasteiger partial charge < -0.3 is 10.1 Å². The molecule has 2 rings (SSSR count). The number of hydrogen-bond donors (Lipinski definition) is 1. The SMILES string of the molecule is COc1ccccc1C[C@H](NC(=O)c1ccccc1)C(F)(F)F. The molecule has 0 radical (unpaired) electrons. The maximum Gasteiger partial charge on any atom is 0.408 e. The summed E-state index contributed by atoms with van der Waals surface area (Å²) in [5.41, 5.74) is 0.562. The quantitative estimate of drug-likeness (QED) is 0.913. The van der Waals surface area contributed by atoms with Crippen LogP contribution >= 0.6 is 0 Å². The number of carbonyl (C=O) groups excluding carboxylic acids is 1. The first-order valence-corrected chi connectivity index (χ1v) is 6.96. The van der Waals surface area contributed by atoms with Gasteiger partial charge in [-0.1, -0.05) is 36.4 Å². The van der Waals surface area contributed by atoms with Gasteiger partial charge in [-0.25, -0.2) is 0 Å². The number of amides is 1. The van der Waals surface area contributed by atoms with Crippen LogP contribution in [0.2, 0.25) is 0 Å². The second kappa shape index (κ2) is 7.17. The standard InChI is InChI=1S/C17H16F3NO2/c1-23-14-10-6-5-9-13(14)11-15(17(18,19)20)21-16(22)12-7-3-2-4-8-12/h2-10,15H,11H2,1H3,(H,21,22)/t15-/m0/s1. The first kappa shape index (κ1) is 16.9. The molecule has 0 heterocycles. The zero-order valence-electron chi connectivity index (χ0n) is 12.4. The fraction of sp³-hybridized carbons (Fsp3) is 0.235. The molecule has 3 nitrogen and oxygen atoms in total. The summed E-state index contributed by atoms with van der Waals surface area (Å²) in [6.45, 7) is 0. The lowest BCUT2D eigenvalue weighted by atomic mass is 10.0. The average Bonchev–Trinajstić information content (AvgIpc) is 2.54. The topological polar surface area (TPSA) is 38.3 Å². The number of para-hydroxylation sites is 1. The second-order valence-electron chi connectivity index (χ2n) is 4.95. The van der Waals surface area contributed by atoms with Crippen molar-refractivity contribution >= 4 is 5.91 Å². The monoisotopic (exact) mass is 323 g/mol. The molecule has 2 aromatic rings. The highest BCUT2D eigenvalue weighted by atomic mass is 19.4. The Bertz CT molecular complexity index is 656. The van der Waals surface area contributed by atoms with Crippen molar-refractivity contribution in [1.82, 2.24) is 5.32 Å². The molecule has 23 heavy (non-hydrogen) atoms. The maximum absolute atomic E-state index is 13.3. The molecule has 0 bridgehead atoms. The lowest BCUT2D eigenvalue weighted by Crippen LogP contribution is -2.46. The number of benzene rings is 2. The number of halogens is 3. The molecule has 0 saturated carbocycles. The van der Waals surface area contributed by atoms with Gasteiger partial charge in [0.2, 0.25) is 0 Å². The number of ether oxygens (including phenoxy) is 1. The van der Waals surface area contributed by atoms with E-state index in [2.05, 4.69) is 5.32 Å². The van der Waals surface area contributed by atoms with E-state index in [1.54, 1.807) is 42.5 Å². The van der Waals surface area contributed by atoms with E-state index in [0.717, 1.165) is 0 Å². The van der Waals surface area contributed by atoms with Crippen LogP contribution in [0.5, 0.6) is 5.75 Å². The minimum absolute atomic E-state index is 0.182. The first-order chi connectivity index (χ1) is 10.9. The van der Waals surface area contributed by atoms with Gasteiger partial charge in [0.15, 0.2) is 0 Å². The minimum atomic E-state index is -4.56. The summed E-state index contributed by atoms with van der Waals surface area (Å²) >= 11 is 0. The summed E-state index contributed by atoms with van der Waals surface area (Å²) in [5, 5.41) is 2.05. The third-order valence-electron chi connectivity index (χ3n) is 3.35. The van der Waals surface area contributed by atoms with Crippen LogP contribution in [0.15, 0.2) is 54.6 Å². The minimum Gasteiger partial charge on any atom is -0.496 e. The molecule has 0 saturated heterocycles. The van der Waals surface area contributed by atoms with Gasteiger partial charge >= 0.3 is 6.18 Å². The maximum atomic E-state index is 13.3. The predicted octanol–water partition coefficient (Wildman–Crippen LogP) is 3.60. The van der Waals surface area contributed by atoms with Crippen LogP contribution in [0.3, 0.4) is 0 Å². The average molecular weight is 323 g/mol. The van der Waals surface area contributed by atoms with E-state index in [-0.39, 0.29) is 5.56 Å². The van der Waals surface area contributed by atoms with Gasteiger partial charge in [0.25, 0.3) is 5.91 Å². The zero-order valence-corrected chi connectivity index (χ0v) is 12.4. The van der Waals surface area contributed by atoms with E-state index in [1.165, 1.54) is 19.2 Å². The number of methoxy groups -OCH3 is 1. The molecule has 0 aliphatic carbocycles. The molecule has 0 aliphatic heterocycles. The summed E-state index contributed by atoms with van der Waals surface area (Å²) in [6.07, 6.45) is -4.96. The molecule has 2 aromatic carbocycles. The summed E-state index contributed by atoms with van der Waals surface area (Å²) in [4.78, 5) is 12.0. The summed E-state index contributed by atoms with van der Waals surface area (Å²) in [6, 6.07) is 12.2. The summed E-state index contributed by atoms with van der Waals surface area (Å²) < 4.78 is 44.9. The first-order valence-electron chi connectivity index (χ1n) is 6.96. The van der Waals surface area contributed by atoms with Crippen molar-refractivity contribution in [3.8, 4) is 5.75 Å². The highest BCUT2D eigenvalue weighted by Gasteiger charge is 2.41. The Hall–Kier alpha value is -2.50. The Labute approximate surface area is 132 Å². The zero-order chi connectivity index (χ0) is 16.9. The summed E-state index contributed by atoms with van der Waals surface area (Å²) in [7, 11) is 1.39. The Morgan fingerprint density at radius 1 is 1.09 bits per heavy atom. The number of hydrogen-bond acceptors (Lipinski definition) is 2. The van der Waals surface area contributed by atoms with Gasteiger partial charge in [0, 0.05) is 12.0 Å². The lowest BCUT2D eigenvalue weighted by Gasteiger charge is -2.22. The fourth-order valence-corrected chi connectivity index (χ4v) is 2.17. The molecule has 1 N–H and O–H groups in total. The predicted molar refractivity (Wildman–Crippen MR) is 80.4 cm³/mol. The van der Waals surface area contributed by atoms with Crippen molar-refractivity contribution in [2.45, 2.75) is 18.6 Å². The molecule has 0 aliphatic rings. The Morgan fingerprint density at radius 3 is 2.30 bits per heavy atom. The van der Waals surface area contributed by atoms with Crippen LogP contribution in [0.4, 0.5) is 13.2 Å². The third kappa shape index (κ3) is 4.48. The van der Waals surface area contributed by atoms with Crippen LogP contribution in [-0.4, -0.2) is 25.2 Å². The van der Waals surface area contributed by atoms with E-state index in [9.17, 15) is 18.0 Å². The largest absolute Gasteiger partial charge is 0.496 e. The van der Waals surface area contributed by atoms with E-state index in [1.807, 2.05) is 0 Å². The van der Waals surface area contributed by atoms with Crippen molar-refractivity contribution in [1.29, 1.82) is 0 Å². The molecule has 6 heteroatoms. The van der Waals surface area contributed by atoms with Crippen LogP contribution in [-0.2, 0) is 6.42 Å². The molecular formula is C17H16F3NO2. The van der Waals surface area contributed by atoms with Crippen LogP contribution < -0.4 is 10.1 Å². The van der Waals surface area contributed by atoms with Crippen molar-refractivity contribution in [2.75, 3.05) is 7.11 Å². The molecule has 0 spiro atoms. The molecule has 1 atom stereocenters. The van der Waals surface area contributed by atoms with Gasteiger partial charge in [0.05, 0.1) is 7.11 Å². The smallest absolute Gasteiger partial charge is 0.408 e. The highest BCUT2D eigenvalue weighted by molar-refractivity contribution is 5.94. The Kier molecular flexibility index (Phi) is 5.26.